The molecule has 3 rings (SSSR count). The highest BCUT2D eigenvalue weighted by molar-refractivity contribution is 7.13. The minimum Gasteiger partial charge on any atom is -0.458 e. The van der Waals surface area contributed by atoms with Crippen LogP contribution in [0.15, 0.2) is 71.2 Å². The summed E-state index contributed by atoms with van der Waals surface area (Å²) in [5.74, 6) is 0.293. The number of anilines is 2. The average Bonchev–Trinajstić information content (AvgIpc) is 3.62. The topological polar surface area (TPSA) is 93.4 Å². The first-order chi connectivity index (χ1) is 18.7. The molecule has 0 spiro atoms. The van der Waals surface area contributed by atoms with Gasteiger partial charge in [-0.05, 0) is 74.4 Å². The van der Waals surface area contributed by atoms with Crippen molar-refractivity contribution in [2.45, 2.75) is 72.8 Å². The molecule has 1 aromatic carbocycles. The Bertz CT molecular complexity index is 1160. The molecule has 212 valence electrons. The third-order valence-corrected chi connectivity index (χ3v) is 7.94. The molecule has 7 heteroatoms. The van der Waals surface area contributed by atoms with E-state index in [9.17, 15) is 9.59 Å². The van der Waals surface area contributed by atoms with E-state index in [1.807, 2.05) is 61.7 Å². The van der Waals surface area contributed by atoms with E-state index in [-0.39, 0.29) is 17.5 Å². The number of allylic oxidation sites excluding steroid dienone is 4. The van der Waals surface area contributed by atoms with E-state index in [1.165, 1.54) is 12.5 Å². The number of carbonyl (C=O) groups excluding carboxylic acids is 2. The first-order valence-corrected chi connectivity index (χ1v) is 14.7. The Morgan fingerprint density at radius 3 is 2.51 bits per heavy atom. The number of benzene rings is 1. The zero-order valence-electron chi connectivity index (χ0n) is 24.3. The van der Waals surface area contributed by atoms with Crippen LogP contribution in [0.3, 0.4) is 0 Å². The van der Waals surface area contributed by atoms with Crippen LogP contribution in [0.25, 0.3) is 10.4 Å². The van der Waals surface area contributed by atoms with Crippen LogP contribution >= 0.6 is 11.3 Å². The molecule has 1 fully saturated rings. The summed E-state index contributed by atoms with van der Waals surface area (Å²) in [7, 11) is 0. The highest BCUT2D eigenvalue weighted by Crippen LogP contribution is 2.30. The molecule has 2 unspecified atom stereocenters. The molecule has 1 aromatic heterocycles. The van der Waals surface area contributed by atoms with Gasteiger partial charge in [0.25, 0.3) is 5.91 Å². The van der Waals surface area contributed by atoms with Crippen molar-refractivity contribution in [2.24, 2.45) is 5.92 Å². The predicted octanol–water partition coefficient (Wildman–Crippen LogP) is 7.51. The number of esters is 1. The van der Waals surface area contributed by atoms with Gasteiger partial charge in [-0.25, -0.2) is 0 Å². The summed E-state index contributed by atoms with van der Waals surface area (Å²) in [4.78, 5) is 24.6. The first kappa shape index (κ1) is 32.1. The number of rotatable bonds is 10. The third kappa shape index (κ3) is 10.2. The molecule has 1 aliphatic rings. The number of hydrogen-bond donors (Lipinski definition) is 3. The maximum absolute atomic E-state index is 12.8. The molecule has 39 heavy (non-hydrogen) atoms. The Labute approximate surface area is 238 Å². The van der Waals surface area contributed by atoms with Crippen molar-refractivity contribution in [3.63, 3.8) is 0 Å². The number of nitrogen functional groups attached to an aromatic ring is 1. The highest BCUT2D eigenvalue weighted by Gasteiger charge is 2.34. The second-order valence-corrected chi connectivity index (χ2v) is 10.9. The Kier molecular flexibility index (Phi) is 13.2. The van der Waals surface area contributed by atoms with E-state index in [0.717, 1.165) is 49.2 Å². The van der Waals surface area contributed by atoms with Gasteiger partial charge in [0, 0.05) is 30.3 Å². The van der Waals surface area contributed by atoms with E-state index in [1.54, 1.807) is 11.3 Å². The number of amides is 1. The molecule has 0 radical (unpaired) electrons. The second-order valence-electron chi connectivity index (χ2n) is 9.95. The maximum atomic E-state index is 12.8. The van der Waals surface area contributed by atoms with Crippen molar-refractivity contribution < 1.29 is 14.3 Å². The van der Waals surface area contributed by atoms with Crippen LogP contribution in [-0.4, -0.2) is 30.6 Å². The van der Waals surface area contributed by atoms with Crippen LogP contribution in [0.2, 0.25) is 0 Å². The van der Waals surface area contributed by atoms with Gasteiger partial charge >= 0.3 is 5.97 Å². The third-order valence-electron chi connectivity index (χ3n) is 7.02. The van der Waals surface area contributed by atoms with Crippen LogP contribution in [0.5, 0.6) is 0 Å². The van der Waals surface area contributed by atoms with Gasteiger partial charge in [-0.2, -0.15) is 0 Å². The van der Waals surface area contributed by atoms with Crippen molar-refractivity contribution in [1.82, 2.24) is 5.32 Å². The molecule has 1 saturated heterocycles. The minimum atomic E-state index is -0.203. The van der Waals surface area contributed by atoms with Crippen LogP contribution in [0.1, 0.15) is 67.2 Å². The Morgan fingerprint density at radius 1 is 1.21 bits per heavy atom. The van der Waals surface area contributed by atoms with Gasteiger partial charge in [-0.1, -0.05) is 63.1 Å². The van der Waals surface area contributed by atoms with Crippen molar-refractivity contribution in [2.75, 3.05) is 24.1 Å². The molecular formula is C32H45N3O3S. The number of ether oxygens (including phenoxy) is 1. The zero-order valence-corrected chi connectivity index (χ0v) is 25.1. The monoisotopic (exact) mass is 551 g/mol. The van der Waals surface area contributed by atoms with Gasteiger partial charge in [0.05, 0.1) is 11.4 Å². The predicted molar refractivity (Wildman–Crippen MR) is 166 cm³/mol. The number of hydrogen-bond acceptors (Lipinski definition) is 6. The lowest BCUT2D eigenvalue weighted by Crippen LogP contribution is -2.35. The lowest BCUT2D eigenvalue weighted by molar-refractivity contribution is -0.155. The summed E-state index contributed by atoms with van der Waals surface area (Å²) in [6.45, 7) is 13.6. The normalized spacial score (nSPS) is 18.4. The fourth-order valence-electron chi connectivity index (χ4n) is 4.27. The van der Waals surface area contributed by atoms with Crippen LogP contribution in [0.4, 0.5) is 11.4 Å². The van der Waals surface area contributed by atoms with Gasteiger partial charge in [-0.15, -0.1) is 11.3 Å². The fraction of sp³-hybridized carbons (Fsp3) is 0.438. The largest absolute Gasteiger partial charge is 0.458 e. The summed E-state index contributed by atoms with van der Waals surface area (Å²) >= 11 is 1.66. The lowest BCUT2D eigenvalue weighted by Gasteiger charge is -2.25. The molecule has 2 aromatic rings. The smallest absolute Gasteiger partial charge is 0.303 e. The summed E-state index contributed by atoms with van der Waals surface area (Å²) in [5, 5.41) is 8.18. The number of nitrogens with one attached hydrogen (secondary N) is 2. The molecule has 6 nitrogen and oxygen atoms in total. The molecule has 0 aliphatic carbocycles. The van der Waals surface area contributed by atoms with Crippen molar-refractivity contribution in [3.05, 3.63) is 71.2 Å². The van der Waals surface area contributed by atoms with Gasteiger partial charge < -0.3 is 21.1 Å². The quantitative estimate of drug-likeness (QED) is 0.123. The Hall–Kier alpha value is -3.16. The van der Waals surface area contributed by atoms with E-state index in [4.69, 9.17) is 10.5 Å². The molecule has 2 heterocycles. The van der Waals surface area contributed by atoms with Crippen LogP contribution in [-0.2, 0) is 14.3 Å². The summed E-state index contributed by atoms with van der Waals surface area (Å²) < 4.78 is 5.25. The number of carbonyl (C=O) groups is 2. The van der Waals surface area contributed by atoms with Gasteiger partial charge in [0.15, 0.2) is 0 Å². The van der Waals surface area contributed by atoms with E-state index in [2.05, 4.69) is 43.5 Å². The molecule has 2 atom stereocenters. The van der Waals surface area contributed by atoms with Crippen molar-refractivity contribution >= 4 is 34.6 Å². The van der Waals surface area contributed by atoms with E-state index >= 15 is 0 Å². The van der Waals surface area contributed by atoms with Gasteiger partial charge in [0.2, 0.25) is 0 Å². The minimum absolute atomic E-state index is 0.159. The molecule has 4 N–H and O–H groups in total. The molecule has 1 amide bonds. The zero-order chi connectivity index (χ0) is 28.8. The SMILES string of the molecule is CCC1(OC(C)=O)CCNC1.C\C=C(/C=C\C(=C/C)C(=O)Nc1cc(-c2cccs2)ccc1N)CC(C)CC. The van der Waals surface area contributed by atoms with E-state index < -0.39 is 0 Å². The summed E-state index contributed by atoms with van der Waals surface area (Å²) in [6, 6.07) is 9.80. The summed E-state index contributed by atoms with van der Waals surface area (Å²) in [6.07, 6.45) is 11.8. The Balaban J connectivity index is 0.000000404. The molecule has 0 bridgehead atoms. The van der Waals surface area contributed by atoms with Crippen molar-refractivity contribution in [1.29, 1.82) is 0 Å². The number of thiophene rings is 1. The van der Waals surface area contributed by atoms with Gasteiger partial charge in [-0.3, -0.25) is 9.59 Å². The first-order valence-electron chi connectivity index (χ1n) is 13.8. The standard InChI is InChI=1S/C24H30N2OS.C8H15NO2/c1-5-17(4)15-18(6-2)10-11-19(7-3)24(27)26-22-16-20(12-13-21(22)25)23-9-8-14-28-23;1-3-8(11-7(2)10)4-5-9-6-8/h6-14,16-17H,5,15,25H2,1-4H3,(H,26,27);9H,3-6H2,1-2H3/b11-10-,18-6+,19-7+;. The molecular weight excluding hydrogens is 506 g/mol. The molecule has 0 saturated carbocycles. The number of nitrogens with two attached hydrogens (primary N) is 1. The lowest BCUT2D eigenvalue weighted by atomic mass is 9.98. The van der Waals surface area contributed by atoms with E-state index in [0.29, 0.717) is 22.9 Å². The van der Waals surface area contributed by atoms with Crippen molar-refractivity contribution in [3.8, 4) is 10.4 Å². The Morgan fingerprint density at radius 2 is 1.97 bits per heavy atom. The van der Waals surface area contributed by atoms with Crippen LogP contribution < -0.4 is 16.4 Å². The van der Waals surface area contributed by atoms with Gasteiger partial charge in [0.1, 0.15) is 5.60 Å². The molecule has 1 aliphatic heterocycles. The second kappa shape index (κ2) is 16.1. The highest BCUT2D eigenvalue weighted by atomic mass is 32.1. The fourth-order valence-corrected chi connectivity index (χ4v) is 4.99. The van der Waals surface area contributed by atoms with Crippen LogP contribution in [0, 0.1) is 5.92 Å². The summed E-state index contributed by atoms with van der Waals surface area (Å²) in [5.41, 5.74) is 9.97. The average molecular weight is 552 g/mol. The maximum Gasteiger partial charge on any atom is 0.303 e.